The monoisotopic (exact) mass is 244 g/mol. The Bertz CT molecular complexity index is 521. The van der Waals surface area contributed by atoms with E-state index in [1.54, 1.807) is 18.5 Å². The molecule has 1 aliphatic rings. The Morgan fingerprint density at radius 3 is 3.06 bits per heavy atom. The molecule has 0 unspecified atom stereocenters. The predicted molar refractivity (Wildman–Crippen MR) is 68.0 cm³/mol. The van der Waals surface area contributed by atoms with Gasteiger partial charge >= 0.3 is 0 Å². The average Bonchev–Trinajstić information content (AvgIpc) is 2.80. The lowest BCUT2D eigenvalue weighted by Crippen LogP contribution is -2.26. The van der Waals surface area contributed by atoms with Crippen LogP contribution in [0.3, 0.4) is 0 Å². The van der Waals surface area contributed by atoms with Gasteiger partial charge in [-0.3, -0.25) is 5.10 Å². The summed E-state index contributed by atoms with van der Waals surface area (Å²) in [6.45, 7) is 2.70. The van der Waals surface area contributed by atoms with Gasteiger partial charge in [-0.1, -0.05) is 0 Å². The van der Waals surface area contributed by atoms with Gasteiger partial charge in [-0.15, -0.1) is 0 Å². The topological polar surface area (TPSA) is 69.7 Å². The first-order valence-electron chi connectivity index (χ1n) is 6.07. The fourth-order valence-electron chi connectivity index (χ4n) is 2.22. The highest BCUT2D eigenvalue weighted by molar-refractivity contribution is 5.31. The Morgan fingerprint density at radius 2 is 2.22 bits per heavy atom. The quantitative estimate of drug-likeness (QED) is 0.835. The van der Waals surface area contributed by atoms with Gasteiger partial charge in [0.1, 0.15) is 0 Å². The fraction of sp³-hybridized carbons (Fsp3) is 0.417. The zero-order valence-corrected chi connectivity index (χ0v) is 10.3. The summed E-state index contributed by atoms with van der Waals surface area (Å²) in [4.78, 5) is 10.6. The summed E-state index contributed by atoms with van der Waals surface area (Å²) in [5.41, 5.74) is 3.65. The lowest BCUT2D eigenvalue weighted by molar-refractivity contribution is 0.308. The minimum Gasteiger partial charge on any atom is -0.348 e. The molecule has 0 atom stereocenters. The molecule has 0 spiro atoms. The molecular weight excluding hydrogens is 228 g/mol. The van der Waals surface area contributed by atoms with Crippen LogP contribution in [0.15, 0.2) is 18.5 Å². The van der Waals surface area contributed by atoms with E-state index >= 15 is 0 Å². The van der Waals surface area contributed by atoms with E-state index in [0.29, 0.717) is 12.5 Å². The molecule has 0 saturated carbocycles. The number of nitrogens with one attached hydrogen (secondary N) is 2. The fourth-order valence-corrected chi connectivity index (χ4v) is 2.22. The normalized spacial score (nSPS) is 15.4. The third-order valence-corrected chi connectivity index (χ3v) is 3.19. The van der Waals surface area contributed by atoms with E-state index in [4.69, 9.17) is 0 Å². The molecule has 94 valence electrons. The summed E-state index contributed by atoms with van der Waals surface area (Å²) >= 11 is 0. The van der Waals surface area contributed by atoms with Gasteiger partial charge in [-0.25, -0.2) is 9.97 Å². The van der Waals surface area contributed by atoms with Crippen LogP contribution < -0.4 is 5.32 Å². The van der Waals surface area contributed by atoms with Crippen molar-refractivity contribution in [3.63, 3.8) is 0 Å². The molecule has 6 heteroatoms. The van der Waals surface area contributed by atoms with Crippen molar-refractivity contribution in [2.75, 3.05) is 18.9 Å². The molecule has 0 amide bonds. The van der Waals surface area contributed by atoms with E-state index in [2.05, 4.69) is 37.4 Å². The van der Waals surface area contributed by atoms with Gasteiger partial charge in [0.05, 0.1) is 17.9 Å². The zero-order chi connectivity index (χ0) is 12.4. The van der Waals surface area contributed by atoms with Crippen LogP contribution in [0.2, 0.25) is 0 Å². The molecule has 0 saturated heterocycles. The SMILES string of the molecule is CN1CCc2c(CNc3ncccn3)n[nH]c2C1. The first-order chi connectivity index (χ1) is 8.83. The lowest BCUT2D eigenvalue weighted by atomic mass is 10.1. The molecule has 0 aromatic carbocycles. The van der Waals surface area contributed by atoms with Gasteiger partial charge in [0.2, 0.25) is 5.95 Å². The molecule has 0 bridgehead atoms. The van der Waals surface area contributed by atoms with Crippen LogP contribution in [0.5, 0.6) is 0 Å². The summed E-state index contributed by atoms with van der Waals surface area (Å²) in [5, 5.41) is 10.7. The second-order valence-electron chi connectivity index (χ2n) is 4.54. The minimum atomic E-state index is 0.641. The Labute approximate surface area is 105 Å². The number of hydrogen-bond acceptors (Lipinski definition) is 5. The molecule has 2 N–H and O–H groups in total. The number of aromatic nitrogens is 4. The maximum Gasteiger partial charge on any atom is 0.222 e. The molecule has 6 nitrogen and oxygen atoms in total. The van der Waals surface area contributed by atoms with Crippen LogP contribution in [0, 0.1) is 0 Å². The highest BCUT2D eigenvalue weighted by atomic mass is 15.2. The molecule has 0 aliphatic carbocycles. The van der Waals surface area contributed by atoms with Crippen molar-refractivity contribution >= 4 is 5.95 Å². The van der Waals surface area contributed by atoms with Crippen molar-refractivity contribution in [3.8, 4) is 0 Å². The van der Waals surface area contributed by atoms with E-state index in [9.17, 15) is 0 Å². The van der Waals surface area contributed by atoms with Gasteiger partial charge in [0.15, 0.2) is 0 Å². The molecule has 1 aliphatic heterocycles. The lowest BCUT2D eigenvalue weighted by Gasteiger charge is -2.22. The second kappa shape index (κ2) is 4.73. The van der Waals surface area contributed by atoms with E-state index in [1.807, 2.05) is 0 Å². The number of likely N-dealkylation sites (N-methyl/N-ethyl adjacent to an activating group) is 1. The Morgan fingerprint density at radius 1 is 1.39 bits per heavy atom. The van der Waals surface area contributed by atoms with E-state index in [-0.39, 0.29) is 0 Å². The third kappa shape index (κ3) is 2.19. The smallest absolute Gasteiger partial charge is 0.222 e. The summed E-state index contributed by atoms with van der Waals surface area (Å²) in [6.07, 6.45) is 4.50. The minimum absolute atomic E-state index is 0.641. The Balaban J connectivity index is 1.71. The van der Waals surface area contributed by atoms with Gasteiger partial charge in [-0.2, -0.15) is 5.10 Å². The first-order valence-corrected chi connectivity index (χ1v) is 6.07. The Hall–Kier alpha value is -1.95. The molecule has 2 aromatic heterocycles. The summed E-state index contributed by atoms with van der Waals surface area (Å²) in [5.74, 6) is 0.641. The third-order valence-electron chi connectivity index (χ3n) is 3.19. The maximum atomic E-state index is 4.38. The van der Waals surface area contributed by atoms with Gasteiger partial charge in [0.25, 0.3) is 0 Å². The average molecular weight is 244 g/mol. The van der Waals surface area contributed by atoms with Gasteiger partial charge < -0.3 is 10.2 Å². The van der Waals surface area contributed by atoms with Crippen molar-refractivity contribution in [2.45, 2.75) is 19.5 Å². The summed E-state index contributed by atoms with van der Waals surface area (Å²) in [7, 11) is 2.12. The van der Waals surface area contributed by atoms with E-state index in [1.165, 1.54) is 11.3 Å². The molecule has 0 fully saturated rings. The number of aromatic amines is 1. The Kier molecular flexibility index (Phi) is 2.93. The standard InChI is InChI=1S/C12H16N6/c1-18-6-3-9-10(16-17-11(9)8-18)7-15-12-13-4-2-5-14-12/h2,4-5H,3,6-8H2,1H3,(H,16,17)(H,13,14,15). The van der Waals surface area contributed by atoms with Crippen LogP contribution in [-0.2, 0) is 19.5 Å². The highest BCUT2D eigenvalue weighted by Gasteiger charge is 2.19. The van der Waals surface area contributed by atoms with Crippen molar-refractivity contribution in [3.05, 3.63) is 35.4 Å². The van der Waals surface area contributed by atoms with Crippen molar-refractivity contribution in [1.82, 2.24) is 25.1 Å². The van der Waals surface area contributed by atoms with Crippen molar-refractivity contribution in [2.24, 2.45) is 0 Å². The van der Waals surface area contributed by atoms with E-state index in [0.717, 1.165) is 25.2 Å². The molecule has 0 radical (unpaired) electrons. The summed E-state index contributed by atoms with van der Waals surface area (Å²) < 4.78 is 0. The largest absolute Gasteiger partial charge is 0.348 e. The number of fused-ring (bicyclic) bond motifs is 1. The number of anilines is 1. The van der Waals surface area contributed by atoms with Crippen LogP contribution in [0.1, 0.15) is 17.0 Å². The predicted octanol–water partition coefficient (Wildman–Crippen LogP) is 0.800. The molecule has 3 heterocycles. The molecule has 3 rings (SSSR count). The van der Waals surface area contributed by atoms with Crippen LogP contribution >= 0.6 is 0 Å². The highest BCUT2D eigenvalue weighted by Crippen LogP contribution is 2.19. The van der Waals surface area contributed by atoms with Crippen LogP contribution in [0.4, 0.5) is 5.95 Å². The number of hydrogen-bond donors (Lipinski definition) is 2. The van der Waals surface area contributed by atoms with Crippen molar-refractivity contribution < 1.29 is 0 Å². The molecular formula is C12H16N6. The van der Waals surface area contributed by atoms with E-state index < -0.39 is 0 Å². The number of nitrogens with zero attached hydrogens (tertiary/aromatic N) is 4. The maximum absolute atomic E-state index is 4.38. The molecule has 18 heavy (non-hydrogen) atoms. The van der Waals surface area contributed by atoms with Gasteiger partial charge in [0, 0.05) is 31.0 Å². The van der Waals surface area contributed by atoms with Crippen molar-refractivity contribution in [1.29, 1.82) is 0 Å². The van der Waals surface area contributed by atoms with Crippen LogP contribution in [-0.4, -0.2) is 38.7 Å². The number of H-pyrrole nitrogens is 1. The first kappa shape index (κ1) is 11.2. The zero-order valence-electron chi connectivity index (χ0n) is 10.3. The number of rotatable bonds is 3. The molecule has 2 aromatic rings. The second-order valence-corrected chi connectivity index (χ2v) is 4.54. The summed E-state index contributed by atoms with van der Waals surface area (Å²) in [6, 6.07) is 1.80. The van der Waals surface area contributed by atoms with Crippen LogP contribution in [0.25, 0.3) is 0 Å². The van der Waals surface area contributed by atoms with Gasteiger partial charge in [-0.05, 0) is 19.5 Å².